The number of aryl methyl sites for hydroxylation is 1. The van der Waals surface area contributed by atoms with Gasteiger partial charge in [0.2, 0.25) is 5.91 Å². The standard InChI is InChI=1S/C16H19N3O2/c1-11-7-14(18-21-11)10-19-9-13-6-4-3-5-12(13)8-15(19)16(20)17-2/h3-7,15H,8-10H2,1-2H3,(H,17,20). The first-order valence-corrected chi connectivity index (χ1v) is 7.12. The van der Waals surface area contributed by atoms with E-state index in [0.717, 1.165) is 24.4 Å². The first kappa shape index (κ1) is 13.8. The quantitative estimate of drug-likeness (QED) is 0.931. The minimum absolute atomic E-state index is 0.0460. The number of carbonyl (C=O) groups is 1. The normalized spacial score (nSPS) is 18.3. The number of likely N-dealkylation sites (N-methyl/N-ethyl adjacent to an activating group) is 1. The summed E-state index contributed by atoms with van der Waals surface area (Å²) in [5, 5.41) is 6.80. The predicted octanol–water partition coefficient (Wildman–Crippen LogP) is 1.66. The molecule has 3 rings (SSSR count). The smallest absolute Gasteiger partial charge is 0.237 e. The molecule has 1 atom stereocenters. The van der Waals surface area contributed by atoms with Gasteiger partial charge in [-0.2, -0.15) is 0 Å². The van der Waals surface area contributed by atoms with Gasteiger partial charge in [0.25, 0.3) is 0 Å². The molecule has 110 valence electrons. The Hall–Kier alpha value is -2.14. The van der Waals surface area contributed by atoms with Crippen molar-refractivity contribution in [2.45, 2.75) is 32.5 Å². The number of amides is 1. The minimum Gasteiger partial charge on any atom is -0.361 e. The van der Waals surface area contributed by atoms with Crippen molar-refractivity contribution >= 4 is 5.91 Å². The van der Waals surface area contributed by atoms with Crippen molar-refractivity contribution in [3.63, 3.8) is 0 Å². The van der Waals surface area contributed by atoms with E-state index in [2.05, 4.69) is 27.5 Å². The Balaban J connectivity index is 1.87. The molecule has 1 amide bonds. The van der Waals surface area contributed by atoms with Crippen molar-refractivity contribution < 1.29 is 9.32 Å². The zero-order chi connectivity index (χ0) is 14.8. The van der Waals surface area contributed by atoms with Gasteiger partial charge in [-0.15, -0.1) is 0 Å². The zero-order valence-electron chi connectivity index (χ0n) is 12.3. The summed E-state index contributed by atoms with van der Waals surface area (Å²) in [5.74, 6) is 0.837. The van der Waals surface area contributed by atoms with Crippen molar-refractivity contribution in [3.05, 3.63) is 52.9 Å². The summed E-state index contributed by atoms with van der Waals surface area (Å²) in [6.07, 6.45) is 0.729. The number of nitrogens with one attached hydrogen (secondary N) is 1. The number of nitrogens with zero attached hydrogens (tertiary/aromatic N) is 2. The van der Waals surface area contributed by atoms with E-state index in [1.165, 1.54) is 11.1 Å². The van der Waals surface area contributed by atoms with Gasteiger partial charge in [-0.25, -0.2) is 0 Å². The Labute approximate surface area is 123 Å². The van der Waals surface area contributed by atoms with Crippen LogP contribution in [0.25, 0.3) is 0 Å². The summed E-state index contributed by atoms with van der Waals surface area (Å²) in [6, 6.07) is 10.0. The molecule has 0 radical (unpaired) electrons. The molecule has 1 N–H and O–H groups in total. The zero-order valence-corrected chi connectivity index (χ0v) is 12.3. The SMILES string of the molecule is CNC(=O)C1Cc2ccccc2CN1Cc1cc(C)on1. The average molecular weight is 285 g/mol. The van der Waals surface area contributed by atoms with Crippen LogP contribution in [0.15, 0.2) is 34.9 Å². The molecule has 0 bridgehead atoms. The fourth-order valence-electron chi connectivity index (χ4n) is 2.87. The largest absolute Gasteiger partial charge is 0.361 e. The molecule has 5 heteroatoms. The van der Waals surface area contributed by atoms with E-state index in [1.807, 2.05) is 25.1 Å². The number of hydrogen-bond acceptors (Lipinski definition) is 4. The number of benzene rings is 1. The molecule has 2 aromatic rings. The van der Waals surface area contributed by atoms with Gasteiger partial charge in [0.1, 0.15) is 5.76 Å². The maximum Gasteiger partial charge on any atom is 0.237 e. The molecule has 1 aliphatic heterocycles. The minimum atomic E-state index is -0.165. The summed E-state index contributed by atoms with van der Waals surface area (Å²) in [7, 11) is 1.68. The lowest BCUT2D eigenvalue weighted by atomic mass is 9.93. The van der Waals surface area contributed by atoms with Crippen LogP contribution >= 0.6 is 0 Å². The first-order chi connectivity index (χ1) is 10.2. The number of hydrogen-bond donors (Lipinski definition) is 1. The van der Waals surface area contributed by atoms with E-state index in [-0.39, 0.29) is 11.9 Å². The van der Waals surface area contributed by atoms with Gasteiger partial charge in [-0.3, -0.25) is 9.69 Å². The predicted molar refractivity (Wildman–Crippen MR) is 78.5 cm³/mol. The van der Waals surface area contributed by atoms with E-state index in [0.29, 0.717) is 6.54 Å². The van der Waals surface area contributed by atoms with Gasteiger partial charge in [0, 0.05) is 26.2 Å². The summed E-state index contributed by atoms with van der Waals surface area (Å²) < 4.78 is 5.12. The second kappa shape index (κ2) is 5.69. The van der Waals surface area contributed by atoms with Crippen LogP contribution in [0, 0.1) is 6.92 Å². The van der Waals surface area contributed by atoms with E-state index in [9.17, 15) is 4.79 Å². The Morgan fingerprint density at radius 3 is 2.86 bits per heavy atom. The van der Waals surface area contributed by atoms with Crippen LogP contribution in [0.2, 0.25) is 0 Å². The van der Waals surface area contributed by atoms with Crippen molar-refractivity contribution in [2.75, 3.05) is 7.05 Å². The van der Waals surface area contributed by atoms with Crippen LogP contribution in [-0.4, -0.2) is 29.1 Å². The lowest BCUT2D eigenvalue weighted by molar-refractivity contribution is -0.126. The van der Waals surface area contributed by atoms with Crippen molar-refractivity contribution in [1.82, 2.24) is 15.4 Å². The maximum absolute atomic E-state index is 12.2. The Morgan fingerprint density at radius 1 is 1.43 bits per heavy atom. The van der Waals surface area contributed by atoms with Gasteiger partial charge in [0.05, 0.1) is 11.7 Å². The Morgan fingerprint density at radius 2 is 2.19 bits per heavy atom. The number of aromatic nitrogens is 1. The Kier molecular flexibility index (Phi) is 3.75. The molecule has 1 aliphatic rings. The Bertz CT molecular complexity index is 650. The summed E-state index contributed by atoms with van der Waals surface area (Å²) in [5.41, 5.74) is 3.39. The van der Waals surface area contributed by atoms with Gasteiger partial charge in [-0.05, 0) is 24.5 Å². The molecule has 2 heterocycles. The second-order valence-electron chi connectivity index (χ2n) is 5.44. The highest BCUT2D eigenvalue weighted by atomic mass is 16.5. The van der Waals surface area contributed by atoms with Crippen molar-refractivity contribution in [1.29, 1.82) is 0 Å². The molecule has 5 nitrogen and oxygen atoms in total. The van der Waals surface area contributed by atoms with E-state index in [1.54, 1.807) is 7.05 Å². The fraction of sp³-hybridized carbons (Fsp3) is 0.375. The number of fused-ring (bicyclic) bond motifs is 1. The van der Waals surface area contributed by atoms with Crippen LogP contribution in [0.1, 0.15) is 22.6 Å². The highest BCUT2D eigenvalue weighted by Gasteiger charge is 2.31. The van der Waals surface area contributed by atoms with Gasteiger partial charge in [0.15, 0.2) is 0 Å². The first-order valence-electron chi connectivity index (χ1n) is 7.12. The lowest BCUT2D eigenvalue weighted by Crippen LogP contribution is -2.49. The van der Waals surface area contributed by atoms with Crippen LogP contribution in [0.4, 0.5) is 0 Å². The number of carbonyl (C=O) groups excluding carboxylic acids is 1. The highest BCUT2D eigenvalue weighted by Crippen LogP contribution is 2.25. The van der Waals surface area contributed by atoms with Crippen molar-refractivity contribution in [2.24, 2.45) is 0 Å². The average Bonchev–Trinajstić information content (AvgIpc) is 2.91. The van der Waals surface area contributed by atoms with Crippen LogP contribution in [-0.2, 0) is 24.3 Å². The highest BCUT2D eigenvalue weighted by molar-refractivity contribution is 5.82. The van der Waals surface area contributed by atoms with Gasteiger partial charge >= 0.3 is 0 Å². The third-order valence-electron chi connectivity index (χ3n) is 3.94. The van der Waals surface area contributed by atoms with Crippen LogP contribution in [0.3, 0.4) is 0 Å². The molecule has 0 fully saturated rings. The third-order valence-corrected chi connectivity index (χ3v) is 3.94. The molecule has 0 saturated heterocycles. The van der Waals surface area contributed by atoms with E-state index < -0.39 is 0 Å². The molecular weight excluding hydrogens is 266 g/mol. The van der Waals surface area contributed by atoms with Gasteiger partial charge < -0.3 is 9.84 Å². The molecule has 1 aromatic carbocycles. The van der Waals surface area contributed by atoms with E-state index >= 15 is 0 Å². The molecule has 0 spiro atoms. The molecule has 1 aromatic heterocycles. The maximum atomic E-state index is 12.2. The summed E-state index contributed by atoms with van der Waals surface area (Å²) in [6.45, 7) is 3.24. The number of rotatable bonds is 3. The fourth-order valence-corrected chi connectivity index (χ4v) is 2.87. The summed E-state index contributed by atoms with van der Waals surface area (Å²) >= 11 is 0. The second-order valence-corrected chi connectivity index (χ2v) is 5.44. The van der Waals surface area contributed by atoms with Crippen LogP contribution in [0.5, 0.6) is 0 Å². The van der Waals surface area contributed by atoms with Crippen molar-refractivity contribution in [3.8, 4) is 0 Å². The molecule has 0 saturated carbocycles. The molecule has 21 heavy (non-hydrogen) atoms. The van der Waals surface area contributed by atoms with E-state index in [4.69, 9.17) is 4.52 Å². The monoisotopic (exact) mass is 285 g/mol. The molecule has 1 unspecified atom stereocenters. The third kappa shape index (κ3) is 2.83. The van der Waals surface area contributed by atoms with Crippen LogP contribution < -0.4 is 5.32 Å². The molecular formula is C16H19N3O2. The molecule has 0 aliphatic carbocycles. The lowest BCUT2D eigenvalue weighted by Gasteiger charge is -2.35. The summed E-state index contributed by atoms with van der Waals surface area (Å²) in [4.78, 5) is 14.3. The topological polar surface area (TPSA) is 58.4 Å². The van der Waals surface area contributed by atoms with Gasteiger partial charge in [-0.1, -0.05) is 29.4 Å².